The Morgan fingerprint density at radius 1 is 1.13 bits per heavy atom. The maximum absolute atomic E-state index is 12.9. The van der Waals surface area contributed by atoms with E-state index in [2.05, 4.69) is 4.72 Å². The molecule has 0 radical (unpaired) electrons. The minimum atomic E-state index is -4.25. The van der Waals surface area contributed by atoms with Crippen molar-refractivity contribution in [2.45, 2.75) is 39.5 Å². The normalized spacial score (nSPS) is 11.6. The van der Waals surface area contributed by atoms with E-state index >= 15 is 0 Å². The molecule has 0 amide bonds. The first-order valence-electron chi connectivity index (χ1n) is 9.32. The third-order valence-corrected chi connectivity index (χ3v) is 6.03. The third kappa shape index (κ3) is 5.66. The molecular formula is C21H24N2O7S. The summed E-state index contributed by atoms with van der Waals surface area (Å²) in [5, 5.41) is 11.3. The highest BCUT2D eigenvalue weighted by Crippen LogP contribution is 2.28. The second kappa shape index (κ2) is 8.84. The standard InChI is InChI=1S/C21H24N2O7S/c1-13-10-15(11-18(14(13)2)23(26)27)31(28,29)22-17-9-7-6-8-16(17)20(25)30-12-19(24)21(3,4)5/h6-11,22H,12H2,1-5H3. The van der Waals surface area contributed by atoms with Gasteiger partial charge in [0.2, 0.25) is 0 Å². The molecular weight excluding hydrogens is 424 g/mol. The maximum Gasteiger partial charge on any atom is 0.340 e. The summed E-state index contributed by atoms with van der Waals surface area (Å²) >= 11 is 0. The largest absolute Gasteiger partial charge is 0.454 e. The number of esters is 1. The number of benzene rings is 2. The zero-order valence-corrected chi connectivity index (χ0v) is 18.7. The van der Waals surface area contributed by atoms with E-state index in [-0.39, 0.29) is 27.6 Å². The van der Waals surface area contributed by atoms with Crippen molar-refractivity contribution in [2.24, 2.45) is 5.41 Å². The molecule has 10 heteroatoms. The Bertz CT molecular complexity index is 1150. The van der Waals surface area contributed by atoms with Crippen LogP contribution in [0.4, 0.5) is 11.4 Å². The topological polar surface area (TPSA) is 133 Å². The van der Waals surface area contributed by atoms with E-state index in [1.807, 2.05) is 0 Å². The summed E-state index contributed by atoms with van der Waals surface area (Å²) in [5.74, 6) is -1.16. The van der Waals surface area contributed by atoms with Crippen LogP contribution in [0, 0.1) is 29.4 Å². The minimum absolute atomic E-state index is 0.0726. The number of nitro benzene ring substituents is 1. The molecule has 0 aliphatic carbocycles. The van der Waals surface area contributed by atoms with Crippen LogP contribution >= 0.6 is 0 Å². The zero-order chi connectivity index (χ0) is 23.6. The van der Waals surface area contributed by atoms with Gasteiger partial charge in [-0.15, -0.1) is 0 Å². The van der Waals surface area contributed by atoms with Crippen molar-refractivity contribution in [1.82, 2.24) is 0 Å². The number of anilines is 1. The molecule has 1 N–H and O–H groups in total. The molecule has 0 atom stereocenters. The number of rotatable bonds is 7. The van der Waals surface area contributed by atoms with Gasteiger partial charge in [-0.2, -0.15) is 0 Å². The van der Waals surface area contributed by atoms with Gasteiger partial charge in [-0.1, -0.05) is 32.9 Å². The third-order valence-electron chi connectivity index (χ3n) is 4.68. The number of nitro groups is 1. The van der Waals surface area contributed by atoms with Crippen LogP contribution in [0.3, 0.4) is 0 Å². The lowest BCUT2D eigenvalue weighted by atomic mass is 9.91. The monoisotopic (exact) mass is 448 g/mol. The number of sulfonamides is 1. The van der Waals surface area contributed by atoms with Crippen molar-refractivity contribution in [3.8, 4) is 0 Å². The van der Waals surface area contributed by atoms with Gasteiger partial charge in [0.15, 0.2) is 12.4 Å². The van der Waals surface area contributed by atoms with Gasteiger partial charge in [0, 0.05) is 17.0 Å². The van der Waals surface area contributed by atoms with Gasteiger partial charge >= 0.3 is 5.97 Å². The molecule has 0 bridgehead atoms. The molecule has 0 aliphatic rings. The van der Waals surface area contributed by atoms with E-state index in [4.69, 9.17) is 4.74 Å². The van der Waals surface area contributed by atoms with E-state index in [9.17, 15) is 28.1 Å². The van der Waals surface area contributed by atoms with Crippen LogP contribution in [0.1, 0.15) is 42.3 Å². The van der Waals surface area contributed by atoms with E-state index in [1.165, 1.54) is 37.3 Å². The smallest absolute Gasteiger partial charge is 0.340 e. The number of carbonyl (C=O) groups is 2. The fourth-order valence-corrected chi connectivity index (χ4v) is 3.72. The number of Topliss-reactive ketones (excluding diaryl/α,β-unsaturated/α-hetero) is 1. The van der Waals surface area contributed by atoms with Gasteiger partial charge in [0.25, 0.3) is 15.7 Å². The van der Waals surface area contributed by atoms with Gasteiger partial charge < -0.3 is 4.74 Å². The van der Waals surface area contributed by atoms with Crippen molar-refractivity contribution >= 4 is 33.2 Å². The van der Waals surface area contributed by atoms with Crippen LogP contribution in [0.5, 0.6) is 0 Å². The average molecular weight is 448 g/mol. The molecule has 0 saturated heterocycles. The Balaban J connectivity index is 2.35. The van der Waals surface area contributed by atoms with Gasteiger partial charge in [-0.05, 0) is 37.6 Å². The van der Waals surface area contributed by atoms with Crippen LogP contribution in [-0.2, 0) is 19.6 Å². The predicted molar refractivity (Wildman–Crippen MR) is 115 cm³/mol. The van der Waals surface area contributed by atoms with E-state index in [0.29, 0.717) is 11.1 Å². The van der Waals surface area contributed by atoms with E-state index < -0.39 is 32.9 Å². The Labute approximate surface area is 180 Å². The first-order valence-corrected chi connectivity index (χ1v) is 10.8. The number of nitrogens with zero attached hydrogens (tertiary/aromatic N) is 1. The summed E-state index contributed by atoms with van der Waals surface area (Å²) in [5.41, 5.74) is -0.393. The van der Waals surface area contributed by atoms with Crippen LogP contribution in [-0.4, -0.2) is 31.7 Å². The number of nitrogens with one attached hydrogen (secondary N) is 1. The molecule has 0 saturated carbocycles. The van der Waals surface area contributed by atoms with Crippen LogP contribution in [0.15, 0.2) is 41.3 Å². The van der Waals surface area contributed by atoms with Crippen LogP contribution in [0.25, 0.3) is 0 Å². The number of ketones is 1. The number of para-hydroxylation sites is 1. The van der Waals surface area contributed by atoms with Crippen molar-refractivity contribution in [1.29, 1.82) is 0 Å². The first-order chi connectivity index (χ1) is 14.2. The average Bonchev–Trinajstić information content (AvgIpc) is 2.66. The first kappa shape index (κ1) is 24.0. The molecule has 9 nitrogen and oxygen atoms in total. The molecule has 2 aromatic rings. The molecule has 31 heavy (non-hydrogen) atoms. The van der Waals surface area contributed by atoms with Crippen molar-refractivity contribution in [3.63, 3.8) is 0 Å². The molecule has 0 heterocycles. The Morgan fingerprint density at radius 3 is 2.32 bits per heavy atom. The summed E-state index contributed by atoms with van der Waals surface area (Å²) in [6.45, 7) is 7.71. The fraction of sp³-hybridized carbons (Fsp3) is 0.333. The number of aryl methyl sites for hydroxylation is 1. The van der Waals surface area contributed by atoms with E-state index in [0.717, 1.165) is 6.07 Å². The molecule has 0 unspecified atom stereocenters. The summed E-state index contributed by atoms with van der Waals surface area (Å²) in [6, 6.07) is 8.01. The van der Waals surface area contributed by atoms with Crippen molar-refractivity contribution < 1.29 is 27.7 Å². The Hall–Kier alpha value is -3.27. The summed E-state index contributed by atoms with van der Waals surface area (Å²) in [6.07, 6.45) is 0. The van der Waals surface area contributed by atoms with E-state index in [1.54, 1.807) is 27.7 Å². The summed E-state index contributed by atoms with van der Waals surface area (Å²) < 4.78 is 33.1. The molecule has 2 aromatic carbocycles. The predicted octanol–water partition coefficient (Wildman–Crippen LogP) is 3.78. The molecule has 0 spiro atoms. The lowest BCUT2D eigenvalue weighted by Crippen LogP contribution is -2.26. The molecule has 0 aliphatic heterocycles. The molecule has 0 aromatic heterocycles. The quantitative estimate of drug-likeness (QED) is 0.387. The van der Waals surface area contributed by atoms with Gasteiger partial charge in [-0.25, -0.2) is 13.2 Å². The maximum atomic E-state index is 12.9. The molecule has 0 fully saturated rings. The number of ether oxygens (including phenoxy) is 1. The number of carbonyl (C=O) groups excluding carboxylic acids is 2. The van der Waals surface area contributed by atoms with Gasteiger partial charge in [-0.3, -0.25) is 19.6 Å². The Kier molecular flexibility index (Phi) is 6.85. The highest BCUT2D eigenvalue weighted by atomic mass is 32.2. The van der Waals surface area contributed by atoms with Crippen LogP contribution < -0.4 is 4.72 Å². The SMILES string of the molecule is Cc1cc(S(=O)(=O)Nc2ccccc2C(=O)OCC(=O)C(C)(C)C)cc([N+](=O)[O-])c1C. The van der Waals surface area contributed by atoms with Crippen molar-refractivity contribution in [2.75, 3.05) is 11.3 Å². The highest BCUT2D eigenvalue weighted by Gasteiger charge is 2.26. The second-order valence-corrected chi connectivity index (χ2v) is 9.72. The number of hydrogen-bond donors (Lipinski definition) is 1. The Morgan fingerprint density at radius 2 is 1.74 bits per heavy atom. The highest BCUT2D eigenvalue weighted by molar-refractivity contribution is 7.92. The van der Waals surface area contributed by atoms with Crippen molar-refractivity contribution in [3.05, 3.63) is 63.2 Å². The molecule has 2 rings (SSSR count). The zero-order valence-electron chi connectivity index (χ0n) is 17.9. The lowest BCUT2D eigenvalue weighted by molar-refractivity contribution is -0.385. The number of hydrogen-bond acceptors (Lipinski definition) is 7. The van der Waals surface area contributed by atoms with Gasteiger partial charge in [0.05, 0.1) is 21.1 Å². The van der Waals surface area contributed by atoms with Crippen LogP contribution in [0.2, 0.25) is 0 Å². The fourth-order valence-electron chi connectivity index (χ4n) is 2.53. The summed E-state index contributed by atoms with van der Waals surface area (Å²) in [7, 11) is -4.25. The van der Waals surface area contributed by atoms with Gasteiger partial charge in [0.1, 0.15) is 0 Å². The second-order valence-electron chi connectivity index (χ2n) is 8.04. The summed E-state index contributed by atoms with van der Waals surface area (Å²) in [4.78, 5) is 34.8. The minimum Gasteiger partial charge on any atom is -0.454 e. The molecule has 166 valence electrons. The lowest BCUT2D eigenvalue weighted by Gasteiger charge is -2.17.